The number of benzene rings is 1. The second kappa shape index (κ2) is 4.34. The third-order valence-electron chi connectivity index (χ3n) is 2.61. The molecule has 0 nitrogen and oxygen atoms in total. The van der Waals surface area contributed by atoms with Crippen molar-refractivity contribution in [2.45, 2.75) is 26.2 Å². The van der Waals surface area contributed by atoms with E-state index in [9.17, 15) is 0 Å². The van der Waals surface area contributed by atoms with E-state index in [0.29, 0.717) is 0 Å². The van der Waals surface area contributed by atoms with Crippen LogP contribution in [0.3, 0.4) is 0 Å². The Labute approximate surface area is 109 Å². The van der Waals surface area contributed by atoms with Crippen molar-refractivity contribution >= 4 is 27.3 Å². The minimum Gasteiger partial charge on any atom is -0.128 e. The fourth-order valence-electron chi connectivity index (χ4n) is 1.60. The van der Waals surface area contributed by atoms with Crippen LogP contribution >= 0.6 is 27.3 Å². The molecule has 0 N–H and O–H groups in total. The largest absolute Gasteiger partial charge is 0.128 e. The summed E-state index contributed by atoms with van der Waals surface area (Å²) in [6.45, 7) is 6.72. The minimum absolute atomic E-state index is 0.231. The molecule has 1 heterocycles. The maximum Gasteiger partial charge on any atom is 0.0705 e. The molecule has 2 heteroatoms. The average Bonchev–Trinajstić information content (AvgIpc) is 2.64. The summed E-state index contributed by atoms with van der Waals surface area (Å²) >= 11 is 5.27. The molecule has 1 aromatic heterocycles. The average molecular weight is 295 g/mol. The Hall–Kier alpha value is -0.600. The number of hydrogen-bond acceptors (Lipinski definition) is 1. The van der Waals surface area contributed by atoms with Gasteiger partial charge in [0.05, 0.1) is 3.79 Å². The van der Waals surface area contributed by atoms with Crippen molar-refractivity contribution in [2.24, 2.45) is 0 Å². The minimum atomic E-state index is 0.231. The zero-order valence-corrected chi connectivity index (χ0v) is 12.2. The first-order chi connectivity index (χ1) is 7.47. The molecular formula is C14H15BrS. The van der Waals surface area contributed by atoms with Crippen LogP contribution in [0.25, 0.3) is 10.4 Å². The maximum absolute atomic E-state index is 3.49. The Balaban J connectivity index is 2.33. The fourth-order valence-corrected chi connectivity index (χ4v) is 3.00. The molecule has 2 aromatic rings. The van der Waals surface area contributed by atoms with Gasteiger partial charge >= 0.3 is 0 Å². The first-order valence-corrected chi connectivity index (χ1v) is 6.94. The quantitative estimate of drug-likeness (QED) is 0.654. The van der Waals surface area contributed by atoms with Crippen LogP contribution in [-0.4, -0.2) is 0 Å². The van der Waals surface area contributed by atoms with Gasteiger partial charge in [0, 0.05) is 4.88 Å². The molecule has 0 aliphatic carbocycles. The lowest BCUT2D eigenvalue weighted by atomic mass is 9.86. The molecule has 0 saturated carbocycles. The zero-order chi connectivity index (χ0) is 11.8. The van der Waals surface area contributed by atoms with Gasteiger partial charge in [-0.1, -0.05) is 45.0 Å². The van der Waals surface area contributed by atoms with E-state index < -0.39 is 0 Å². The maximum atomic E-state index is 3.49. The van der Waals surface area contributed by atoms with E-state index in [0.717, 1.165) is 0 Å². The highest BCUT2D eigenvalue weighted by molar-refractivity contribution is 9.11. The van der Waals surface area contributed by atoms with Crippen molar-refractivity contribution in [1.82, 2.24) is 0 Å². The molecule has 0 aliphatic rings. The predicted molar refractivity (Wildman–Crippen MR) is 76.2 cm³/mol. The number of hydrogen-bond donors (Lipinski definition) is 0. The van der Waals surface area contributed by atoms with Gasteiger partial charge in [0.25, 0.3) is 0 Å². The molecule has 0 radical (unpaired) electrons. The van der Waals surface area contributed by atoms with E-state index in [4.69, 9.17) is 0 Å². The van der Waals surface area contributed by atoms with E-state index in [-0.39, 0.29) is 5.41 Å². The van der Waals surface area contributed by atoms with Gasteiger partial charge in [-0.15, -0.1) is 11.3 Å². The normalized spacial score (nSPS) is 11.8. The lowest BCUT2D eigenvalue weighted by Gasteiger charge is -2.18. The van der Waals surface area contributed by atoms with Gasteiger partial charge in [-0.3, -0.25) is 0 Å². The molecule has 16 heavy (non-hydrogen) atoms. The van der Waals surface area contributed by atoms with Crippen molar-refractivity contribution in [2.75, 3.05) is 0 Å². The summed E-state index contributed by atoms with van der Waals surface area (Å²) in [6.07, 6.45) is 0. The van der Waals surface area contributed by atoms with E-state index in [1.54, 1.807) is 11.3 Å². The summed E-state index contributed by atoms with van der Waals surface area (Å²) in [5.74, 6) is 0. The molecule has 2 rings (SSSR count). The van der Waals surface area contributed by atoms with E-state index in [1.165, 1.54) is 19.8 Å². The molecule has 0 atom stereocenters. The summed E-state index contributed by atoms with van der Waals surface area (Å²) in [6, 6.07) is 13.1. The molecule has 0 saturated heterocycles. The Morgan fingerprint density at radius 1 is 0.938 bits per heavy atom. The van der Waals surface area contributed by atoms with Crippen molar-refractivity contribution in [3.05, 3.63) is 45.7 Å². The summed E-state index contributed by atoms with van der Waals surface area (Å²) in [5.41, 5.74) is 2.91. The monoisotopic (exact) mass is 294 g/mol. The first kappa shape index (κ1) is 11.9. The predicted octanol–water partition coefficient (Wildman–Crippen LogP) is 5.48. The van der Waals surface area contributed by atoms with Crippen LogP contribution in [0.1, 0.15) is 26.3 Å². The van der Waals surface area contributed by atoms with Gasteiger partial charge in [0.2, 0.25) is 0 Å². The zero-order valence-electron chi connectivity index (χ0n) is 9.75. The first-order valence-electron chi connectivity index (χ1n) is 5.33. The summed E-state index contributed by atoms with van der Waals surface area (Å²) < 4.78 is 1.18. The number of thiophene rings is 1. The number of halogens is 1. The van der Waals surface area contributed by atoms with Crippen LogP contribution in [-0.2, 0) is 5.41 Å². The van der Waals surface area contributed by atoms with Crippen molar-refractivity contribution in [3.8, 4) is 10.4 Å². The van der Waals surface area contributed by atoms with Crippen molar-refractivity contribution in [1.29, 1.82) is 0 Å². The lowest BCUT2D eigenvalue weighted by Crippen LogP contribution is -2.10. The van der Waals surface area contributed by atoms with Gasteiger partial charge in [-0.2, -0.15) is 0 Å². The smallest absolute Gasteiger partial charge is 0.0705 e. The SMILES string of the molecule is CC(C)(C)c1ccc(-c2ccc(Br)s2)cc1. The molecule has 0 bridgehead atoms. The molecular weight excluding hydrogens is 280 g/mol. The van der Waals surface area contributed by atoms with Crippen LogP contribution in [0.4, 0.5) is 0 Å². The van der Waals surface area contributed by atoms with E-state index in [1.807, 2.05) is 0 Å². The number of rotatable bonds is 1. The third kappa shape index (κ3) is 2.55. The van der Waals surface area contributed by atoms with Crippen molar-refractivity contribution in [3.63, 3.8) is 0 Å². The Morgan fingerprint density at radius 3 is 2.00 bits per heavy atom. The molecule has 0 aliphatic heterocycles. The molecule has 0 amide bonds. The lowest BCUT2D eigenvalue weighted by molar-refractivity contribution is 0.590. The second-order valence-electron chi connectivity index (χ2n) is 4.93. The molecule has 0 unspecified atom stereocenters. The van der Waals surface area contributed by atoms with Crippen molar-refractivity contribution < 1.29 is 0 Å². The molecule has 84 valence electrons. The van der Waals surface area contributed by atoms with E-state index >= 15 is 0 Å². The third-order valence-corrected chi connectivity index (χ3v) is 4.28. The van der Waals surface area contributed by atoms with Crippen LogP contribution < -0.4 is 0 Å². The molecule has 0 spiro atoms. The highest BCUT2D eigenvalue weighted by Crippen LogP contribution is 2.32. The van der Waals surface area contributed by atoms with Crippen LogP contribution in [0.5, 0.6) is 0 Å². The highest BCUT2D eigenvalue weighted by Gasteiger charge is 2.13. The Morgan fingerprint density at radius 2 is 1.56 bits per heavy atom. The summed E-state index contributed by atoms with van der Waals surface area (Å²) in [5, 5.41) is 0. The van der Waals surface area contributed by atoms with Crippen LogP contribution in [0, 0.1) is 0 Å². The molecule has 1 aromatic carbocycles. The standard InChI is InChI=1S/C14H15BrS/c1-14(2,3)11-6-4-10(5-7-11)12-8-9-13(15)16-12/h4-9H,1-3H3. The van der Waals surface area contributed by atoms with Gasteiger partial charge < -0.3 is 0 Å². The highest BCUT2D eigenvalue weighted by atomic mass is 79.9. The van der Waals surface area contributed by atoms with Gasteiger partial charge in [-0.25, -0.2) is 0 Å². The molecule has 0 fully saturated rings. The fraction of sp³-hybridized carbons (Fsp3) is 0.286. The summed E-state index contributed by atoms with van der Waals surface area (Å²) in [4.78, 5) is 1.31. The van der Waals surface area contributed by atoms with Crippen LogP contribution in [0.15, 0.2) is 40.2 Å². The Bertz CT molecular complexity index is 474. The van der Waals surface area contributed by atoms with Gasteiger partial charge in [0.1, 0.15) is 0 Å². The van der Waals surface area contributed by atoms with E-state index in [2.05, 4.69) is 73.1 Å². The topological polar surface area (TPSA) is 0 Å². The summed E-state index contributed by atoms with van der Waals surface area (Å²) in [7, 11) is 0. The second-order valence-corrected chi connectivity index (χ2v) is 7.39. The van der Waals surface area contributed by atoms with Gasteiger partial charge in [0.15, 0.2) is 0 Å². The van der Waals surface area contributed by atoms with Gasteiger partial charge in [-0.05, 0) is 44.6 Å². The Kier molecular flexibility index (Phi) is 3.22. The van der Waals surface area contributed by atoms with Crippen LogP contribution in [0.2, 0.25) is 0 Å².